The molecule has 0 saturated carbocycles. The topological polar surface area (TPSA) is 53.3 Å². The van der Waals surface area contributed by atoms with E-state index in [1.807, 2.05) is 37.8 Å². The summed E-state index contributed by atoms with van der Waals surface area (Å²) in [5.41, 5.74) is 2.50. The van der Waals surface area contributed by atoms with Gasteiger partial charge in [-0.1, -0.05) is 0 Å². The van der Waals surface area contributed by atoms with Crippen molar-refractivity contribution in [2.45, 2.75) is 33.7 Å². The van der Waals surface area contributed by atoms with Crippen LogP contribution in [0.1, 0.15) is 31.9 Å². The predicted molar refractivity (Wildman–Crippen MR) is 75.0 cm³/mol. The Labute approximate surface area is 114 Å². The van der Waals surface area contributed by atoms with Crippen LogP contribution in [0, 0.1) is 18.3 Å². The number of hydrogen-bond acceptors (Lipinski definition) is 4. The lowest BCUT2D eigenvalue weighted by Crippen LogP contribution is -2.36. The minimum atomic E-state index is -0.238. The Morgan fingerprint density at radius 3 is 2.63 bits per heavy atom. The van der Waals surface area contributed by atoms with Crippen molar-refractivity contribution in [1.29, 1.82) is 5.26 Å². The van der Waals surface area contributed by atoms with E-state index < -0.39 is 0 Å². The lowest BCUT2D eigenvalue weighted by atomic mass is 10.1. The number of nitriles is 1. The minimum Gasteiger partial charge on any atom is -0.465 e. The van der Waals surface area contributed by atoms with Crippen LogP contribution in [0.15, 0.2) is 18.2 Å². The molecule has 1 aromatic carbocycles. The second-order valence-corrected chi connectivity index (χ2v) is 4.64. The van der Waals surface area contributed by atoms with Crippen LogP contribution < -0.4 is 4.90 Å². The van der Waals surface area contributed by atoms with Crippen LogP contribution in [0.2, 0.25) is 0 Å². The number of benzene rings is 1. The molecular weight excluding hydrogens is 240 g/mol. The molecule has 0 spiro atoms. The van der Waals surface area contributed by atoms with E-state index in [4.69, 9.17) is 10.00 Å². The summed E-state index contributed by atoms with van der Waals surface area (Å²) in [4.78, 5) is 13.6. The Balaban J connectivity index is 2.97. The van der Waals surface area contributed by atoms with Crippen LogP contribution in [0.25, 0.3) is 0 Å². The van der Waals surface area contributed by atoms with Crippen molar-refractivity contribution in [3.63, 3.8) is 0 Å². The molecule has 0 aliphatic rings. The second kappa shape index (κ2) is 6.79. The third-order valence-electron chi connectivity index (χ3n) is 2.89. The number of nitrogens with zero attached hydrogens (tertiary/aromatic N) is 2. The van der Waals surface area contributed by atoms with E-state index in [0.29, 0.717) is 12.2 Å². The smallest absolute Gasteiger partial charge is 0.325 e. The quantitative estimate of drug-likeness (QED) is 0.764. The lowest BCUT2D eigenvalue weighted by Gasteiger charge is -2.28. The largest absolute Gasteiger partial charge is 0.465 e. The Bertz CT molecular complexity index is 489. The van der Waals surface area contributed by atoms with Crippen LogP contribution in [-0.4, -0.2) is 25.2 Å². The van der Waals surface area contributed by atoms with Crippen LogP contribution in [0.3, 0.4) is 0 Å². The van der Waals surface area contributed by atoms with Gasteiger partial charge >= 0.3 is 5.97 Å². The Morgan fingerprint density at radius 2 is 2.16 bits per heavy atom. The van der Waals surface area contributed by atoms with Gasteiger partial charge in [0.05, 0.1) is 18.2 Å². The highest BCUT2D eigenvalue weighted by Gasteiger charge is 2.16. The number of hydrogen-bond donors (Lipinski definition) is 0. The maximum atomic E-state index is 11.6. The standard InChI is InChI=1S/C15H20N2O2/c1-5-19-15(18)10-17(11(2)3)14-7-6-13(9-16)12(4)8-14/h6-8,11H,5,10H2,1-4H3. The molecule has 0 radical (unpaired) electrons. The van der Waals surface area contributed by atoms with E-state index >= 15 is 0 Å². The number of aryl methyl sites for hydroxylation is 1. The van der Waals surface area contributed by atoms with Gasteiger partial charge in [-0.3, -0.25) is 4.79 Å². The highest BCUT2D eigenvalue weighted by molar-refractivity contribution is 5.76. The molecule has 0 atom stereocenters. The van der Waals surface area contributed by atoms with Crippen molar-refractivity contribution >= 4 is 11.7 Å². The summed E-state index contributed by atoms with van der Waals surface area (Å²) in [5.74, 6) is -0.238. The first-order chi connectivity index (χ1) is 8.99. The lowest BCUT2D eigenvalue weighted by molar-refractivity contribution is -0.141. The van der Waals surface area contributed by atoms with E-state index in [2.05, 4.69) is 6.07 Å². The number of carbonyl (C=O) groups is 1. The molecule has 0 aliphatic carbocycles. The number of ether oxygens (including phenoxy) is 1. The summed E-state index contributed by atoms with van der Waals surface area (Å²) in [6, 6.07) is 7.90. The molecular formula is C15H20N2O2. The highest BCUT2D eigenvalue weighted by atomic mass is 16.5. The van der Waals surface area contributed by atoms with Crippen molar-refractivity contribution in [1.82, 2.24) is 0 Å². The van der Waals surface area contributed by atoms with E-state index in [1.54, 1.807) is 13.0 Å². The van der Waals surface area contributed by atoms with E-state index in [0.717, 1.165) is 11.3 Å². The average Bonchev–Trinajstić information content (AvgIpc) is 2.36. The van der Waals surface area contributed by atoms with Crippen LogP contribution in [-0.2, 0) is 9.53 Å². The minimum absolute atomic E-state index is 0.178. The first-order valence-corrected chi connectivity index (χ1v) is 6.42. The molecule has 0 unspecified atom stereocenters. The molecule has 0 amide bonds. The monoisotopic (exact) mass is 260 g/mol. The second-order valence-electron chi connectivity index (χ2n) is 4.64. The maximum Gasteiger partial charge on any atom is 0.325 e. The molecule has 0 aliphatic heterocycles. The summed E-state index contributed by atoms with van der Waals surface area (Å²) in [5, 5.41) is 8.93. The van der Waals surface area contributed by atoms with Crippen molar-refractivity contribution in [2.24, 2.45) is 0 Å². The summed E-state index contributed by atoms with van der Waals surface area (Å²) >= 11 is 0. The molecule has 4 nitrogen and oxygen atoms in total. The van der Waals surface area contributed by atoms with Gasteiger partial charge in [0, 0.05) is 11.7 Å². The fourth-order valence-corrected chi connectivity index (χ4v) is 1.87. The molecule has 0 N–H and O–H groups in total. The first-order valence-electron chi connectivity index (χ1n) is 6.42. The zero-order valence-corrected chi connectivity index (χ0v) is 11.9. The highest BCUT2D eigenvalue weighted by Crippen LogP contribution is 2.20. The molecule has 1 aromatic rings. The molecule has 0 bridgehead atoms. The van der Waals surface area contributed by atoms with Gasteiger partial charge in [0.1, 0.15) is 6.54 Å². The molecule has 102 valence electrons. The zero-order chi connectivity index (χ0) is 14.4. The number of rotatable bonds is 5. The Morgan fingerprint density at radius 1 is 1.47 bits per heavy atom. The van der Waals surface area contributed by atoms with Gasteiger partial charge in [-0.05, 0) is 51.5 Å². The molecule has 1 rings (SSSR count). The van der Waals surface area contributed by atoms with E-state index in [1.165, 1.54) is 0 Å². The zero-order valence-electron chi connectivity index (χ0n) is 11.9. The predicted octanol–water partition coefficient (Wildman–Crippen LogP) is 2.64. The van der Waals surface area contributed by atoms with Crippen LogP contribution >= 0.6 is 0 Å². The van der Waals surface area contributed by atoms with Crippen LogP contribution in [0.5, 0.6) is 0 Å². The maximum absolute atomic E-state index is 11.6. The molecule has 0 heterocycles. The number of carbonyl (C=O) groups excluding carboxylic acids is 1. The molecule has 0 saturated heterocycles. The van der Waals surface area contributed by atoms with Crippen molar-refractivity contribution in [3.05, 3.63) is 29.3 Å². The fourth-order valence-electron chi connectivity index (χ4n) is 1.87. The SMILES string of the molecule is CCOC(=O)CN(c1ccc(C#N)c(C)c1)C(C)C. The summed E-state index contributed by atoms with van der Waals surface area (Å²) in [6.07, 6.45) is 0. The third-order valence-corrected chi connectivity index (χ3v) is 2.89. The van der Waals surface area contributed by atoms with Gasteiger partial charge in [0.15, 0.2) is 0 Å². The Hall–Kier alpha value is -2.02. The molecule has 0 fully saturated rings. The van der Waals surface area contributed by atoms with E-state index in [-0.39, 0.29) is 18.6 Å². The number of anilines is 1. The van der Waals surface area contributed by atoms with Gasteiger partial charge in [-0.25, -0.2) is 0 Å². The van der Waals surface area contributed by atoms with Gasteiger partial charge in [0.2, 0.25) is 0 Å². The third kappa shape index (κ3) is 3.99. The summed E-state index contributed by atoms with van der Waals surface area (Å²) in [6.45, 7) is 8.34. The van der Waals surface area contributed by atoms with Gasteiger partial charge in [-0.15, -0.1) is 0 Å². The normalized spacial score (nSPS) is 10.1. The molecule has 19 heavy (non-hydrogen) atoms. The van der Waals surface area contributed by atoms with Crippen LogP contribution in [0.4, 0.5) is 5.69 Å². The summed E-state index contributed by atoms with van der Waals surface area (Å²) in [7, 11) is 0. The number of esters is 1. The van der Waals surface area contributed by atoms with Crippen molar-refractivity contribution in [2.75, 3.05) is 18.1 Å². The fraction of sp³-hybridized carbons (Fsp3) is 0.467. The van der Waals surface area contributed by atoms with Crippen molar-refractivity contribution in [3.8, 4) is 6.07 Å². The van der Waals surface area contributed by atoms with Gasteiger partial charge in [-0.2, -0.15) is 5.26 Å². The molecule has 0 aromatic heterocycles. The first kappa shape index (κ1) is 15.0. The van der Waals surface area contributed by atoms with Crippen molar-refractivity contribution < 1.29 is 9.53 Å². The molecule has 4 heteroatoms. The van der Waals surface area contributed by atoms with Gasteiger partial charge in [0.25, 0.3) is 0 Å². The average molecular weight is 260 g/mol. The Kier molecular flexibility index (Phi) is 5.37. The van der Waals surface area contributed by atoms with Gasteiger partial charge < -0.3 is 9.64 Å². The summed E-state index contributed by atoms with van der Waals surface area (Å²) < 4.78 is 4.99. The van der Waals surface area contributed by atoms with E-state index in [9.17, 15) is 4.79 Å².